The average molecular weight is 400 g/mol. The van der Waals surface area contributed by atoms with E-state index in [9.17, 15) is 9.59 Å². The molecule has 3 heterocycles. The summed E-state index contributed by atoms with van der Waals surface area (Å²) in [5.41, 5.74) is 1.01. The Kier molecular flexibility index (Phi) is 5.06. The van der Waals surface area contributed by atoms with E-state index in [1.807, 2.05) is 48.2 Å². The fraction of sp³-hybridized carbons (Fsp3) is 0.350. The summed E-state index contributed by atoms with van der Waals surface area (Å²) in [6, 6.07) is 11.9. The van der Waals surface area contributed by atoms with Gasteiger partial charge in [-0.05, 0) is 31.4 Å². The summed E-state index contributed by atoms with van der Waals surface area (Å²) < 4.78 is 1.56. The molecule has 0 spiro atoms. The van der Waals surface area contributed by atoms with Crippen molar-refractivity contribution in [3.05, 3.63) is 46.8 Å². The first-order valence-corrected chi connectivity index (χ1v) is 10.8. The molecule has 1 amide bonds. The molecule has 27 heavy (non-hydrogen) atoms. The normalized spacial score (nSPS) is 15.4. The van der Waals surface area contributed by atoms with E-state index in [1.54, 1.807) is 11.6 Å². The second-order valence-electron chi connectivity index (χ2n) is 6.75. The number of thiophene rings is 1. The largest absolute Gasteiger partial charge is 0.342 e. The van der Waals surface area contributed by atoms with Crippen LogP contribution in [0.5, 0.6) is 0 Å². The molecule has 5 nitrogen and oxygen atoms in total. The van der Waals surface area contributed by atoms with Gasteiger partial charge in [-0.2, -0.15) is 0 Å². The minimum atomic E-state index is -0.257. The molecule has 0 radical (unpaired) electrons. The molecule has 7 heteroatoms. The summed E-state index contributed by atoms with van der Waals surface area (Å²) in [4.78, 5) is 33.8. The molecule has 0 unspecified atom stereocenters. The van der Waals surface area contributed by atoms with Crippen molar-refractivity contribution in [2.75, 3.05) is 13.1 Å². The molecule has 1 atom stereocenters. The SMILES string of the molecule is C[C@@H](Sc1nc2sc(-c3ccccc3)cc2c(=O)n1C)C(=O)N1CCCC1. The molecule has 1 fully saturated rings. The molecular formula is C20H21N3O2S2. The second kappa shape index (κ2) is 7.48. The fourth-order valence-corrected chi connectivity index (χ4v) is 5.34. The van der Waals surface area contributed by atoms with Crippen molar-refractivity contribution < 1.29 is 4.79 Å². The highest BCUT2D eigenvalue weighted by Gasteiger charge is 2.25. The van der Waals surface area contributed by atoms with Crippen LogP contribution in [0.3, 0.4) is 0 Å². The van der Waals surface area contributed by atoms with Crippen molar-refractivity contribution >= 4 is 39.2 Å². The van der Waals surface area contributed by atoms with Gasteiger partial charge in [-0.3, -0.25) is 14.2 Å². The number of benzene rings is 1. The smallest absolute Gasteiger partial charge is 0.262 e. The van der Waals surface area contributed by atoms with Crippen LogP contribution in [-0.4, -0.2) is 38.7 Å². The number of nitrogens with zero attached hydrogens (tertiary/aromatic N) is 3. The fourth-order valence-electron chi connectivity index (χ4n) is 3.30. The number of rotatable bonds is 4. The first kappa shape index (κ1) is 18.3. The van der Waals surface area contributed by atoms with Crippen LogP contribution in [0.4, 0.5) is 0 Å². The van der Waals surface area contributed by atoms with Gasteiger partial charge in [0.15, 0.2) is 5.16 Å². The minimum Gasteiger partial charge on any atom is -0.342 e. The van der Waals surface area contributed by atoms with Gasteiger partial charge >= 0.3 is 0 Å². The average Bonchev–Trinajstić information content (AvgIpc) is 3.36. The van der Waals surface area contributed by atoms with Gasteiger partial charge in [0.2, 0.25) is 5.91 Å². The lowest BCUT2D eigenvalue weighted by molar-refractivity contribution is -0.129. The molecular weight excluding hydrogens is 378 g/mol. The first-order chi connectivity index (χ1) is 13.0. The topological polar surface area (TPSA) is 55.2 Å². The first-order valence-electron chi connectivity index (χ1n) is 9.06. The molecule has 3 aromatic rings. The Balaban J connectivity index is 1.66. The van der Waals surface area contributed by atoms with E-state index in [2.05, 4.69) is 0 Å². The lowest BCUT2D eigenvalue weighted by Gasteiger charge is -2.20. The summed E-state index contributed by atoms with van der Waals surface area (Å²) in [7, 11) is 1.73. The maximum Gasteiger partial charge on any atom is 0.262 e. The molecule has 140 valence electrons. The number of hydrogen-bond donors (Lipinski definition) is 0. The molecule has 1 saturated heterocycles. The van der Waals surface area contributed by atoms with E-state index in [4.69, 9.17) is 4.98 Å². The van der Waals surface area contributed by atoms with Crippen LogP contribution in [0.25, 0.3) is 20.7 Å². The van der Waals surface area contributed by atoms with Crippen LogP contribution in [0.1, 0.15) is 19.8 Å². The van der Waals surface area contributed by atoms with E-state index >= 15 is 0 Å². The van der Waals surface area contributed by atoms with Gasteiger partial charge in [-0.15, -0.1) is 11.3 Å². The molecule has 1 aliphatic heterocycles. The van der Waals surface area contributed by atoms with E-state index in [-0.39, 0.29) is 16.7 Å². The molecule has 0 N–H and O–H groups in total. The Bertz CT molecular complexity index is 1040. The van der Waals surface area contributed by atoms with Gasteiger partial charge in [0.05, 0.1) is 10.6 Å². The zero-order valence-corrected chi connectivity index (χ0v) is 17.0. The van der Waals surface area contributed by atoms with E-state index in [1.165, 1.54) is 23.1 Å². The zero-order valence-electron chi connectivity index (χ0n) is 15.3. The van der Waals surface area contributed by atoms with Crippen molar-refractivity contribution in [1.29, 1.82) is 0 Å². The van der Waals surface area contributed by atoms with Gasteiger partial charge < -0.3 is 4.90 Å². The minimum absolute atomic E-state index is 0.0678. The Hall–Kier alpha value is -2.12. The van der Waals surface area contributed by atoms with Crippen LogP contribution in [0, 0.1) is 0 Å². The summed E-state index contributed by atoms with van der Waals surface area (Å²) in [6.45, 7) is 3.56. The number of carbonyl (C=O) groups is 1. The number of aromatic nitrogens is 2. The number of thioether (sulfide) groups is 1. The monoisotopic (exact) mass is 399 g/mol. The predicted octanol–water partition coefficient (Wildman–Crippen LogP) is 3.77. The molecule has 0 aliphatic carbocycles. The van der Waals surface area contributed by atoms with Gasteiger partial charge in [-0.1, -0.05) is 42.1 Å². The Morgan fingerprint density at radius 3 is 2.63 bits per heavy atom. The summed E-state index contributed by atoms with van der Waals surface area (Å²) >= 11 is 2.88. The Morgan fingerprint density at radius 1 is 1.22 bits per heavy atom. The van der Waals surface area contributed by atoms with Gasteiger partial charge in [0.1, 0.15) is 4.83 Å². The molecule has 1 aliphatic rings. The van der Waals surface area contributed by atoms with E-state index in [0.717, 1.165) is 41.2 Å². The lowest BCUT2D eigenvalue weighted by atomic mass is 10.2. The van der Waals surface area contributed by atoms with Gasteiger partial charge in [0, 0.05) is 25.0 Å². The maximum absolute atomic E-state index is 12.8. The van der Waals surface area contributed by atoms with Crippen LogP contribution in [0.15, 0.2) is 46.3 Å². The maximum atomic E-state index is 12.8. The standard InChI is InChI=1S/C20H21N3O2S2/c1-13(18(24)23-10-6-7-11-23)26-20-21-17-15(19(25)22(20)2)12-16(27-17)14-8-4-3-5-9-14/h3-5,8-9,12-13H,6-7,10-11H2,1-2H3/t13-/m1/s1. The summed E-state index contributed by atoms with van der Waals surface area (Å²) in [5, 5.41) is 0.963. The van der Waals surface area contributed by atoms with Crippen molar-refractivity contribution in [2.45, 2.75) is 30.2 Å². The summed E-state index contributed by atoms with van der Waals surface area (Å²) in [6.07, 6.45) is 2.15. The van der Waals surface area contributed by atoms with Gasteiger partial charge in [-0.25, -0.2) is 4.98 Å². The van der Waals surface area contributed by atoms with Crippen molar-refractivity contribution in [3.8, 4) is 10.4 Å². The van der Waals surface area contributed by atoms with E-state index in [0.29, 0.717) is 10.5 Å². The second-order valence-corrected chi connectivity index (χ2v) is 9.09. The van der Waals surface area contributed by atoms with Crippen molar-refractivity contribution in [1.82, 2.24) is 14.5 Å². The number of amides is 1. The number of carbonyl (C=O) groups excluding carboxylic acids is 1. The Morgan fingerprint density at radius 2 is 1.93 bits per heavy atom. The number of likely N-dealkylation sites (tertiary alicyclic amines) is 1. The molecule has 4 rings (SSSR count). The highest BCUT2D eigenvalue weighted by Crippen LogP contribution is 2.32. The Labute approximate surface area is 166 Å². The molecule has 0 saturated carbocycles. The number of fused-ring (bicyclic) bond motifs is 1. The highest BCUT2D eigenvalue weighted by molar-refractivity contribution is 8.00. The van der Waals surface area contributed by atoms with Crippen molar-refractivity contribution in [3.63, 3.8) is 0 Å². The van der Waals surface area contributed by atoms with E-state index < -0.39 is 0 Å². The predicted molar refractivity (Wildman–Crippen MR) is 111 cm³/mol. The molecule has 0 bridgehead atoms. The highest BCUT2D eigenvalue weighted by atomic mass is 32.2. The third-order valence-electron chi connectivity index (χ3n) is 4.84. The third kappa shape index (κ3) is 3.53. The van der Waals surface area contributed by atoms with Crippen LogP contribution in [-0.2, 0) is 11.8 Å². The molecule has 2 aromatic heterocycles. The number of hydrogen-bond acceptors (Lipinski definition) is 5. The van der Waals surface area contributed by atoms with Crippen molar-refractivity contribution in [2.24, 2.45) is 7.05 Å². The zero-order chi connectivity index (χ0) is 19.0. The molecule has 1 aromatic carbocycles. The van der Waals surface area contributed by atoms with Crippen LogP contribution < -0.4 is 5.56 Å². The lowest BCUT2D eigenvalue weighted by Crippen LogP contribution is -2.34. The van der Waals surface area contributed by atoms with Crippen LogP contribution in [0.2, 0.25) is 0 Å². The van der Waals surface area contributed by atoms with Gasteiger partial charge in [0.25, 0.3) is 5.56 Å². The quantitative estimate of drug-likeness (QED) is 0.495. The summed E-state index contributed by atoms with van der Waals surface area (Å²) in [5.74, 6) is 0.128. The third-order valence-corrected chi connectivity index (χ3v) is 7.05. The van der Waals surface area contributed by atoms with Crippen LogP contribution >= 0.6 is 23.1 Å².